The lowest BCUT2D eigenvalue weighted by atomic mass is 9.40. The molecule has 0 radical (unpaired) electrons. The molecule has 6 aliphatic rings. The van der Waals surface area contributed by atoms with Crippen LogP contribution in [0.15, 0.2) is 121 Å². The van der Waals surface area contributed by atoms with Crippen LogP contribution in [0.25, 0.3) is 60.5 Å². The highest BCUT2D eigenvalue weighted by atomic mass is 15.2. The molecule has 3 heteroatoms. The average molecular weight is 871 g/mol. The standard InChI is InChI=1S/C64H63BN2/c1-59(2)28-29-60(3,4)47-32-37(25-26-45(47)59)66-56-43-34-48-49(62(7,8)31-30-61(48,5)6)35-46(43)64(11,12)58(56)65-54-42(33-50-53(57(54)66)40-20-15-16-23-44(40)63(50,9)10)39-21-17-22-41-52-38-19-14-13-18-36(38)24-27-51(52)67(65)55(39)41/h13-27,32-35H,28-31H2,1-12H3. The van der Waals surface area contributed by atoms with Gasteiger partial charge in [0.1, 0.15) is 0 Å². The minimum absolute atomic E-state index is 0.0260. The zero-order valence-electron chi connectivity index (χ0n) is 41.8. The van der Waals surface area contributed by atoms with E-state index in [0.717, 1.165) is 0 Å². The highest BCUT2D eigenvalue weighted by molar-refractivity contribution is 6.86. The third-order valence-electron chi connectivity index (χ3n) is 19.1. The van der Waals surface area contributed by atoms with Gasteiger partial charge in [-0.15, -0.1) is 0 Å². The molecule has 0 unspecified atom stereocenters. The molecule has 0 spiro atoms. The van der Waals surface area contributed by atoms with E-state index in [1.165, 1.54) is 147 Å². The lowest BCUT2D eigenvalue weighted by Crippen LogP contribution is -2.53. The van der Waals surface area contributed by atoms with Crippen LogP contribution >= 0.6 is 0 Å². The Morgan fingerprint density at radius 2 is 1.06 bits per heavy atom. The van der Waals surface area contributed by atoms with Gasteiger partial charge in [0.05, 0.1) is 5.69 Å². The molecular weight excluding hydrogens is 808 g/mol. The Labute approximate surface area is 398 Å². The maximum absolute atomic E-state index is 2.85. The van der Waals surface area contributed by atoms with E-state index in [2.05, 4.69) is 208 Å². The Balaban J connectivity index is 1.21. The first-order valence-corrected chi connectivity index (χ1v) is 25.4. The van der Waals surface area contributed by atoms with E-state index in [9.17, 15) is 0 Å². The Kier molecular flexibility index (Phi) is 7.37. The Hall–Kier alpha value is -5.80. The van der Waals surface area contributed by atoms with Gasteiger partial charge in [-0.1, -0.05) is 168 Å². The van der Waals surface area contributed by atoms with E-state index >= 15 is 0 Å². The number of aromatic nitrogens is 1. The normalized spacial score (nSPS) is 20.9. The van der Waals surface area contributed by atoms with Crippen LogP contribution < -0.4 is 10.4 Å². The number of benzene rings is 7. The predicted molar refractivity (Wildman–Crippen MR) is 286 cm³/mol. The molecule has 14 rings (SSSR count). The number of hydrogen-bond donors (Lipinski definition) is 0. The second-order valence-electron chi connectivity index (χ2n) is 25.4. The van der Waals surface area contributed by atoms with Gasteiger partial charge in [0.15, 0.2) is 0 Å². The maximum Gasteiger partial charge on any atom is 0.329 e. The molecular formula is C64H63BN2. The van der Waals surface area contributed by atoms with Crippen LogP contribution in [-0.2, 0) is 32.5 Å². The number of anilines is 2. The summed E-state index contributed by atoms with van der Waals surface area (Å²) < 4.78 is 2.84. The van der Waals surface area contributed by atoms with Gasteiger partial charge in [-0.3, -0.25) is 0 Å². The van der Waals surface area contributed by atoms with Crippen molar-refractivity contribution in [2.45, 2.75) is 141 Å². The van der Waals surface area contributed by atoms with Crippen LogP contribution in [0.3, 0.4) is 0 Å². The molecule has 0 amide bonds. The fraction of sp³-hybridized carbons (Fsp3) is 0.344. The molecule has 3 heterocycles. The summed E-state index contributed by atoms with van der Waals surface area (Å²) in [6.07, 6.45) is 4.76. The van der Waals surface area contributed by atoms with Crippen LogP contribution in [0.5, 0.6) is 0 Å². The van der Waals surface area contributed by atoms with E-state index in [-0.39, 0.29) is 39.3 Å². The Bertz CT molecular complexity index is 3650. The fourth-order valence-electron chi connectivity index (χ4n) is 15.0. The van der Waals surface area contributed by atoms with Crippen LogP contribution in [0.4, 0.5) is 11.4 Å². The third-order valence-corrected chi connectivity index (χ3v) is 19.1. The van der Waals surface area contributed by atoms with Crippen molar-refractivity contribution in [3.05, 3.63) is 165 Å². The van der Waals surface area contributed by atoms with Crippen LogP contribution in [0.1, 0.15) is 153 Å². The molecule has 332 valence electrons. The van der Waals surface area contributed by atoms with Crippen molar-refractivity contribution in [2.75, 3.05) is 4.90 Å². The lowest BCUT2D eigenvalue weighted by molar-refractivity contribution is 0.331. The quantitative estimate of drug-likeness (QED) is 0.149. The van der Waals surface area contributed by atoms with Crippen molar-refractivity contribution in [3.8, 4) is 22.3 Å². The van der Waals surface area contributed by atoms with Crippen molar-refractivity contribution in [1.29, 1.82) is 0 Å². The largest absolute Gasteiger partial charge is 0.376 e. The van der Waals surface area contributed by atoms with Crippen LogP contribution in [0.2, 0.25) is 0 Å². The molecule has 0 saturated carbocycles. The average Bonchev–Trinajstić information content (AvgIpc) is 3.85. The minimum Gasteiger partial charge on any atom is -0.376 e. The number of hydrogen-bond acceptors (Lipinski definition) is 1. The maximum atomic E-state index is 2.85. The van der Waals surface area contributed by atoms with Gasteiger partial charge in [-0.25, -0.2) is 0 Å². The first-order chi connectivity index (χ1) is 31.7. The van der Waals surface area contributed by atoms with Crippen molar-refractivity contribution in [1.82, 2.24) is 4.48 Å². The molecule has 0 N–H and O–H groups in total. The third kappa shape index (κ3) is 4.80. The van der Waals surface area contributed by atoms with Crippen molar-refractivity contribution >= 4 is 62.0 Å². The molecule has 4 aliphatic carbocycles. The van der Waals surface area contributed by atoms with Gasteiger partial charge >= 0.3 is 6.85 Å². The molecule has 67 heavy (non-hydrogen) atoms. The molecule has 0 atom stereocenters. The zero-order valence-corrected chi connectivity index (χ0v) is 41.8. The van der Waals surface area contributed by atoms with Gasteiger partial charge in [0, 0.05) is 60.7 Å². The smallest absolute Gasteiger partial charge is 0.329 e. The van der Waals surface area contributed by atoms with Crippen LogP contribution in [0, 0.1) is 0 Å². The van der Waals surface area contributed by atoms with Gasteiger partial charge in [0.25, 0.3) is 0 Å². The second kappa shape index (κ2) is 12.3. The number of fused-ring (bicyclic) bond motifs is 16. The van der Waals surface area contributed by atoms with Gasteiger partial charge < -0.3 is 9.38 Å². The molecule has 7 aromatic carbocycles. The van der Waals surface area contributed by atoms with Crippen LogP contribution in [-0.4, -0.2) is 11.3 Å². The lowest BCUT2D eigenvalue weighted by Gasteiger charge is -2.46. The number of nitrogens with zero attached hydrogens (tertiary/aromatic N) is 2. The number of allylic oxidation sites excluding steroid dienone is 1. The van der Waals surface area contributed by atoms with E-state index < -0.39 is 0 Å². The number of rotatable bonds is 1. The SMILES string of the molecule is CC1(C)CCC(C)(C)c2cc(N3C4=C(B5c6c(cc7c(c63)-c3ccccc3C7(C)C)-c3cccc6c7c8ccccc8ccc7n5c36)C(C)(C)c3cc5c(cc34)C(C)(C)CCC5(C)C)ccc21. The second-order valence-corrected chi connectivity index (χ2v) is 25.4. The van der Waals surface area contributed by atoms with E-state index in [1.54, 1.807) is 5.56 Å². The summed E-state index contributed by atoms with van der Waals surface area (Å²) in [4.78, 5) is 2.85. The number of para-hydroxylation sites is 1. The molecule has 8 aromatic rings. The molecule has 2 aliphatic heterocycles. The summed E-state index contributed by atoms with van der Waals surface area (Å²) in [5, 5.41) is 5.36. The van der Waals surface area contributed by atoms with Gasteiger partial charge in [-0.2, -0.15) is 0 Å². The Morgan fingerprint density at radius 3 is 1.81 bits per heavy atom. The van der Waals surface area contributed by atoms with Crippen molar-refractivity contribution in [3.63, 3.8) is 0 Å². The monoisotopic (exact) mass is 871 g/mol. The van der Waals surface area contributed by atoms with Crippen molar-refractivity contribution in [2.24, 2.45) is 0 Å². The van der Waals surface area contributed by atoms with Crippen molar-refractivity contribution < 1.29 is 0 Å². The molecule has 1 aromatic heterocycles. The summed E-state index contributed by atoms with van der Waals surface area (Å²) in [5.41, 5.74) is 27.0. The minimum atomic E-state index is -0.285. The molecule has 0 fully saturated rings. The molecule has 2 nitrogen and oxygen atoms in total. The Morgan fingerprint density at radius 1 is 0.448 bits per heavy atom. The highest BCUT2D eigenvalue weighted by Gasteiger charge is 2.56. The fourth-order valence-corrected chi connectivity index (χ4v) is 15.0. The predicted octanol–water partition coefficient (Wildman–Crippen LogP) is 16.1. The first-order valence-electron chi connectivity index (χ1n) is 25.4. The van der Waals surface area contributed by atoms with E-state index in [4.69, 9.17) is 0 Å². The van der Waals surface area contributed by atoms with Gasteiger partial charge in [0.2, 0.25) is 0 Å². The zero-order chi connectivity index (χ0) is 46.3. The first kappa shape index (κ1) is 40.3. The topological polar surface area (TPSA) is 8.17 Å². The summed E-state index contributed by atoms with van der Waals surface area (Å²) in [7, 11) is 0. The summed E-state index contributed by atoms with van der Waals surface area (Å²) in [5.74, 6) is 0. The summed E-state index contributed by atoms with van der Waals surface area (Å²) >= 11 is 0. The van der Waals surface area contributed by atoms with Gasteiger partial charge in [-0.05, 0) is 149 Å². The summed E-state index contributed by atoms with van der Waals surface area (Å²) in [6, 6.07) is 46.3. The molecule has 0 saturated heterocycles. The van der Waals surface area contributed by atoms with E-state index in [1.807, 2.05) is 0 Å². The van der Waals surface area contributed by atoms with E-state index in [0.29, 0.717) is 0 Å². The highest BCUT2D eigenvalue weighted by Crippen LogP contribution is 2.63. The molecule has 0 bridgehead atoms. The summed E-state index contributed by atoms with van der Waals surface area (Å²) in [6.45, 7) is 30.0.